The highest BCUT2D eigenvalue weighted by Gasteiger charge is 2.12. The predicted molar refractivity (Wildman–Crippen MR) is 34.5 cm³/mol. The summed E-state index contributed by atoms with van der Waals surface area (Å²) >= 11 is 0. The monoisotopic (exact) mass is 104 g/mol. The van der Waals surface area contributed by atoms with E-state index in [1.54, 1.807) is 0 Å². The highest BCUT2D eigenvalue weighted by atomic mass is 14.2. The molecule has 8 heavy (non-hydrogen) atoms. The molecular weight excluding hydrogens is 96.1 g/mol. The molecule has 2 rings (SSSR count). The topological polar surface area (TPSA) is 0 Å². The molecule has 0 aromatic carbocycles. The van der Waals surface area contributed by atoms with Gasteiger partial charge < -0.3 is 0 Å². The summed E-state index contributed by atoms with van der Waals surface area (Å²) in [5, 5.41) is 0. The zero-order valence-electron chi connectivity index (χ0n) is 4.94. The fourth-order valence-electron chi connectivity index (χ4n) is 1.28. The van der Waals surface area contributed by atoms with E-state index in [1.807, 2.05) is 0 Å². The maximum atomic E-state index is 2.28. The van der Waals surface area contributed by atoms with Crippen LogP contribution in [-0.4, -0.2) is 0 Å². The molecule has 0 fully saturated rings. The summed E-state index contributed by atoms with van der Waals surface area (Å²) < 4.78 is 0. The summed E-state index contributed by atoms with van der Waals surface area (Å²) in [7, 11) is 0. The molecular formula is C8H8. The van der Waals surface area contributed by atoms with Crippen LogP contribution in [-0.2, 0) is 0 Å². The quantitative estimate of drug-likeness (QED) is 0.442. The van der Waals surface area contributed by atoms with Gasteiger partial charge in [0.05, 0.1) is 0 Å². The molecule has 0 unspecified atom stereocenters. The Morgan fingerprint density at radius 2 is 2.25 bits per heavy atom. The number of rotatable bonds is 0. The largest absolute Gasteiger partial charge is 0.0726 e. The highest BCUT2D eigenvalue weighted by molar-refractivity contribution is 5.57. The summed E-state index contributed by atoms with van der Waals surface area (Å²) in [5.74, 6) is 0. The van der Waals surface area contributed by atoms with E-state index in [2.05, 4.69) is 25.2 Å². The third-order valence-corrected chi connectivity index (χ3v) is 1.76. The summed E-state index contributed by atoms with van der Waals surface area (Å²) in [6, 6.07) is 0. The first-order valence-electron chi connectivity index (χ1n) is 2.96. The lowest BCUT2D eigenvalue weighted by Crippen LogP contribution is -1.76. The molecule has 0 atom stereocenters. The smallest absolute Gasteiger partial charge is 0.00880 e. The summed E-state index contributed by atoms with van der Waals surface area (Å²) in [5.41, 5.74) is 4.36. The van der Waals surface area contributed by atoms with Gasteiger partial charge in [0.15, 0.2) is 0 Å². The Morgan fingerprint density at radius 3 is 2.50 bits per heavy atom. The van der Waals surface area contributed by atoms with Gasteiger partial charge in [0.25, 0.3) is 0 Å². The van der Waals surface area contributed by atoms with Crippen LogP contribution < -0.4 is 0 Å². The van der Waals surface area contributed by atoms with Crippen LogP contribution in [0.4, 0.5) is 0 Å². The number of hydrogen-bond donors (Lipinski definition) is 0. The second-order valence-corrected chi connectivity index (χ2v) is 2.41. The highest BCUT2D eigenvalue weighted by Crippen LogP contribution is 2.31. The first kappa shape index (κ1) is 4.13. The maximum Gasteiger partial charge on any atom is -0.00880 e. The molecule has 40 valence electrons. The zero-order valence-corrected chi connectivity index (χ0v) is 4.94. The molecule has 2 aliphatic carbocycles. The second kappa shape index (κ2) is 1.13. The van der Waals surface area contributed by atoms with Crippen molar-refractivity contribution >= 4 is 0 Å². The van der Waals surface area contributed by atoms with Crippen molar-refractivity contribution < 1.29 is 0 Å². The van der Waals surface area contributed by atoms with Gasteiger partial charge in [-0.05, 0) is 30.1 Å². The lowest BCUT2D eigenvalue weighted by Gasteiger charge is -1.96. The van der Waals surface area contributed by atoms with Gasteiger partial charge in [0, 0.05) is 0 Å². The first-order chi connectivity index (χ1) is 3.86. The van der Waals surface area contributed by atoms with Gasteiger partial charge in [0.1, 0.15) is 0 Å². The standard InChI is InChI=1S/C8H8/c1-6-4-7-2-3-8(6)5-7/h3-5H,2H2,1H3. The van der Waals surface area contributed by atoms with Crippen LogP contribution in [0.2, 0.25) is 0 Å². The molecule has 0 saturated heterocycles. The van der Waals surface area contributed by atoms with Crippen molar-refractivity contribution in [2.24, 2.45) is 0 Å². The SMILES string of the molecule is CC1=CC2=CC1=CC2. The summed E-state index contributed by atoms with van der Waals surface area (Å²) in [6.07, 6.45) is 7.97. The van der Waals surface area contributed by atoms with Crippen molar-refractivity contribution in [3.05, 3.63) is 34.9 Å². The molecule has 2 bridgehead atoms. The lowest BCUT2D eigenvalue weighted by atomic mass is 10.1. The average Bonchev–Trinajstić information content (AvgIpc) is 2.23. The van der Waals surface area contributed by atoms with Crippen molar-refractivity contribution in [3.63, 3.8) is 0 Å². The van der Waals surface area contributed by atoms with Gasteiger partial charge in [0.2, 0.25) is 0 Å². The van der Waals surface area contributed by atoms with Crippen LogP contribution in [0.5, 0.6) is 0 Å². The third-order valence-electron chi connectivity index (χ3n) is 1.76. The van der Waals surface area contributed by atoms with Gasteiger partial charge in [-0.3, -0.25) is 0 Å². The minimum Gasteiger partial charge on any atom is -0.0726 e. The van der Waals surface area contributed by atoms with Crippen molar-refractivity contribution in [2.45, 2.75) is 13.3 Å². The van der Waals surface area contributed by atoms with Crippen LogP contribution in [0, 0.1) is 0 Å². The first-order valence-corrected chi connectivity index (χ1v) is 2.96. The molecule has 0 heterocycles. The summed E-state index contributed by atoms with van der Waals surface area (Å²) in [6.45, 7) is 2.16. The second-order valence-electron chi connectivity index (χ2n) is 2.41. The molecule has 2 aliphatic rings. The molecule has 0 heteroatoms. The minimum atomic E-state index is 1.17. The number of hydrogen-bond acceptors (Lipinski definition) is 0. The van der Waals surface area contributed by atoms with Gasteiger partial charge in [-0.25, -0.2) is 0 Å². The van der Waals surface area contributed by atoms with Crippen molar-refractivity contribution in [3.8, 4) is 0 Å². The van der Waals surface area contributed by atoms with Crippen LogP contribution in [0.1, 0.15) is 13.3 Å². The number of fused-ring (bicyclic) bond motifs is 1. The van der Waals surface area contributed by atoms with E-state index < -0.39 is 0 Å². The van der Waals surface area contributed by atoms with E-state index in [9.17, 15) is 0 Å². The molecule has 0 amide bonds. The number of allylic oxidation sites excluding steroid dienone is 6. The van der Waals surface area contributed by atoms with Gasteiger partial charge in [-0.15, -0.1) is 0 Å². The molecule has 0 spiro atoms. The lowest BCUT2D eigenvalue weighted by molar-refractivity contribution is 1.28. The Hall–Kier alpha value is -0.780. The Morgan fingerprint density at radius 1 is 1.38 bits per heavy atom. The Labute approximate surface area is 49.2 Å². The van der Waals surface area contributed by atoms with Gasteiger partial charge in [-0.1, -0.05) is 18.2 Å². The van der Waals surface area contributed by atoms with E-state index in [0.29, 0.717) is 0 Å². The van der Waals surface area contributed by atoms with Gasteiger partial charge >= 0.3 is 0 Å². The fourth-order valence-corrected chi connectivity index (χ4v) is 1.28. The average molecular weight is 104 g/mol. The van der Waals surface area contributed by atoms with Crippen molar-refractivity contribution in [1.82, 2.24) is 0 Å². The van der Waals surface area contributed by atoms with Crippen molar-refractivity contribution in [1.29, 1.82) is 0 Å². The van der Waals surface area contributed by atoms with E-state index in [0.717, 1.165) is 0 Å². The van der Waals surface area contributed by atoms with Crippen LogP contribution in [0.25, 0.3) is 0 Å². The Kier molecular flexibility index (Phi) is 0.587. The van der Waals surface area contributed by atoms with Gasteiger partial charge in [-0.2, -0.15) is 0 Å². The van der Waals surface area contributed by atoms with Crippen molar-refractivity contribution in [2.75, 3.05) is 0 Å². The summed E-state index contributed by atoms with van der Waals surface area (Å²) in [4.78, 5) is 0. The Balaban J connectivity index is 2.56. The minimum absolute atomic E-state index is 1.17. The van der Waals surface area contributed by atoms with E-state index in [4.69, 9.17) is 0 Å². The van der Waals surface area contributed by atoms with E-state index >= 15 is 0 Å². The van der Waals surface area contributed by atoms with Crippen LogP contribution in [0.3, 0.4) is 0 Å². The van der Waals surface area contributed by atoms with Crippen LogP contribution in [0.15, 0.2) is 34.9 Å². The third kappa shape index (κ3) is 0.353. The molecule has 0 aromatic heterocycles. The normalized spacial score (nSPS) is 22.9. The molecule has 0 radical (unpaired) electrons. The molecule has 0 aliphatic heterocycles. The zero-order chi connectivity index (χ0) is 5.56. The molecule has 0 N–H and O–H groups in total. The molecule has 0 nitrogen and oxygen atoms in total. The molecule has 0 aromatic rings. The Bertz CT molecular complexity index is 214. The van der Waals surface area contributed by atoms with Crippen LogP contribution >= 0.6 is 0 Å². The fraction of sp³-hybridized carbons (Fsp3) is 0.250. The van der Waals surface area contributed by atoms with E-state index in [1.165, 1.54) is 23.1 Å². The molecule has 0 saturated carbocycles. The predicted octanol–water partition coefficient (Wildman–Crippen LogP) is 2.20. The van der Waals surface area contributed by atoms with E-state index in [-0.39, 0.29) is 0 Å². The maximum absolute atomic E-state index is 2.28.